The summed E-state index contributed by atoms with van der Waals surface area (Å²) < 4.78 is 19.9. The molecule has 2 unspecified atom stereocenters. The average Bonchev–Trinajstić information content (AvgIpc) is 1.81. The van der Waals surface area contributed by atoms with Crippen LogP contribution in [0.25, 0.3) is 0 Å². The smallest absolute Gasteiger partial charge is 0.321 e. The van der Waals surface area contributed by atoms with E-state index in [9.17, 15) is 13.6 Å². The third-order valence-corrected chi connectivity index (χ3v) is 1.55. The Hall–Kier alpha value is -0.460. The van der Waals surface area contributed by atoms with E-state index < -0.39 is 28.8 Å². The molecular weight excluding hydrogens is 158 g/mol. The molecule has 10 heavy (non-hydrogen) atoms. The monoisotopic (exact) mass is 166 g/mol. The molecule has 0 spiro atoms. The van der Waals surface area contributed by atoms with Crippen molar-refractivity contribution in [2.75, 3.05) is 12.8 Å². The van der Waals surface area contributed by atoms with Gasteiger partial charge in [-0.1, -0.05) is 11.1 Å². The van der Waals surface area contributed by atoms with Crippen LogP contribution in [0.5, 0.6) is 0 Å². The fourth-order valence-electron chi connectivity index (χ4n) is 0.414. The molecular formula is C4H8NO4S-. The summed E-state index contributed by atoms with van der Waals surface area (Å²) >= 11 is -2.31. The zero-order chi connectivity index (χ0) is 8.15. The number of likely N-dealkylation sites (N-methyl/N-ethyl adjacent to an activating group) is 1. The first-order valence-electron chi connectivity index (χ1n) is 2.54. The molecule has 0 aliphatic rings. The molecule has 0 bridgehead atoms. The van der Waals surface area contributed by atoms with Crippen molar-refractivity contribution in [3.63, 3.8) is 0 Å². The SMILES string of the molecule is CNC(CS(=O)[O-])C(=O)O. The maximum Gasteiger partial charge on any atom is 0.321 e. The van der Waals surface area contributed by atoms with Crippen LogP contribution in [0.2, 0.25) is 0 Å². The van der Waals surface area contributed by atoms with E-state index in [0.717, 1.165) is 0 Å². The number of carboxylic acids is 1. The molecule has 6 heteroatoms. The summed E-state index contributed by atoms with van der Waals surface area (Å²) in [5.41, 5.74) is 0. The third-order valence-electron chi connectivity index (χ3n) is 0.949. The zero-order valence-corrected chi connectivity index (χ0v) is 6.18. The standard InChI is InChI=1S/C4H9NO4S/c1-5-3(4(6)7)2-10(8)9/h3,5H,2H2,1H3,(H,6,7)(H,8,9)/p-1. The first-order chi connectivity index (χ1) is 4.57. The Balaban J connectivity index is 3.83. The highest BCUT2D eigenvalue weighted by Crippen LogP contribution is 1.85. The molecule has 0 aromatic rings. The Labute approximate surface area is 60.7 Å². The van der Waals surface area contributed by atoms with Crippen molar-refractivity contribution in [2.24, 2.45) is 0 Å². The minimum Gasteiger partial charge on any atom is -0.772 e. The number of rotatable bonds is 4. The average molecular weight is 166 g/mol. The van der Waals surface area contributed by atoms with E-state index in [0.29, 0.717) is 0 Å². The lowest BCUT2D eigenvalue weighted by molar-refractivity contribution is -0.138. The highest BCUT2D eigenvalue weighted by atomic mass is 32.2. The molecule has 0 aromatic heterocycles. The van der Waals surface area contributed by atoms with Gasteiger partial charge in [0.1, 0.15) is 6.04 Å². The van der Waals surface area contributed by atoms with Crippen LogP contribution < -0.4 is 5.32 Å². The van der Waals surface area contributed by atoms with Crippen molar-refractivity contribution < 1.29 is 18.7 Å². The lowest BCUT2D eigenvalue weighted by Crippen LogP contribution is -2.38. The molecule has 0 radical (unpaired) electrons. The molecule has 0 aromatic carbocycles. The number of hydrogen-bond donors (Lipinski definition) is 2. The molecule has 0 saturated heterocycles. The molecule has 0 aliphatic heterocycles. The molecule has 0 saturated carbocycles. The van der Waals surface area contributed by atoms with Crippen LogP contribution in [0.15, 0.2) is 0 Å². The summed E-state index contributed by atoms with van der Waals surface area (Å²) in [4.78, 5) is 10.1. The Kier molecular flexibility index (Phi) is 4.17. The lowest BCUT2D eigenvalue weighted by atomic mass is 10.3. The van der Waals surface area contributed by atoms with E-state index in [4.69, 9.17) is 5.11 Å². The molecule has 2 atom stereocenters. The van der Waals surface area contributed by atoms with Gasteiger partial charge in [0.05, 0.1) is 0 Å². The van der Waals surface area contributed by atoms with Crippen LogP contribution in [0.1, 0.15) is 0 Å². The second-order valence-corrected chi connectivity index (χ2v) is 2.59. The Morgan fingerprint density at radius 2 is 2.40 bits per heavy atom. The van der Waals surface area contributed by atoms with Gasteiger partial charge in [-0.25, -0.2) is 0 Å². The molecule has 60 valence electrons. The van der Waals surface area contributed by atoms with E-state index in [1.807, 2.05) is 0 Å². The minimum atomic E-state index is -2.31. The summed E-state index contributed by atoms with van der Waals surface area (Å²) in [5.74, 6) is -1.56. The molecule has 0 amide bonds. The Morgan fingerprint density at radius 1 is 1.90 bits per heavy atom. The predicted molar refractivity (Wildman–Crippen MR) is 34.3 cm³/mol. The van der Waals surface area contributed by atoms with Crippen LogP contribution in [0, 0.1) is 0 Å². The second-order valence-electron chi connectivity index (χ2n) is 1.65. The first-order valence-corrected chi connectivity index (χ1v) is 3.78. The van der Waals surface area contributed by atoms with Gasteiger partial charge in [0.15, 0.2) is 0 Å². The van der Waals surface area contributed by atoms with Crippen molar-refractivity contribution in [1.29, 1.82) is 0 Å². The summed E-state index contributed by atoms with van der Waals surface area (Å²) in [5, 5.41) is 10.6. The highest BCUT2D eigenvalue weighted by molar-refractivity contribution is 7.79. The van der Waals surface area contributed by atoms with Crippen molar-refractivity contribution in [3.05, 3.63) is 0 Å². The van der Waals surface area contributed by atoms with Gasteiger partial charge in [0.25, 0.3) is 0 Å². The van der Waals surface area contributed by atoms with Gasteiger partial charge in [-0.05, 0) is 7.05 Å². The van der Waals surface area contributed by atoms with Crippen LogP contribution in [-0.2, 0) is 15.9 Å². The van der Waals surface area contributed by atoms with Gasteiger partial charge >= 0.3 is 5.97 Å². The number of carbonyl (C=O) groups is 1. The van der Waals surface area contributed by atoms with Crippen LogP contribution >= 0.6 is 0 Å². The van der Waals surface area contributed by atoms with Crippen LogP contribution in [-0.4, -0.2) is 38.7 Å². The Morgan fingerprint density at radius 3 is 2.50 bits per heavy atom. The van der Waals surface area contributed by atoms with E-state index in [1.165, 1.54) is 7.05 Å². The summed E-state index contributed by atoms with van der Waals surface area (Å²) in [6.45, 7) is 0. The molecule has 0 rings (SSSR count). The fraction of sp³-hybridized carbons (Fsp3) is 0.750. The van der Waals surface area contributed by atoms with Gasteiger partial charge in [0.2, 0.25) is 0 Å². The van der Waals surface area contributed by atoms with Crippen molar-refractivity contribution in [1.82, 2.24) is 5.32 Å². The number of nitrogens with one attached hydrogen (secondary N) is 1. The molecule has 0 aliphatic carbocycles. The van der Waals surface area contributed by atoms with E-state index in [1.54, 1.807) is 0 Å². The van der Waals surface area contributed by atoms with Gasteiger partial charge in [-0.15, -0.1) is 0 Å². The maximum absolute atomic E-state index is 10.1. The maximum atomic E-state index is 10.1. The van der Waals surface area contributed by atoms with Crippen molar-refractivity contribution in [2.45, 2.75) is 6.04 Å². The lowest BCUT2D eigenvalue weighted by Gasteiger charge is -2.11. The fourth-order valence-corrected chi connectivity index (χ4v) is 0.996. The van der Waals surface area contributed by atoms with Gasteiger partial charge in [-0.2, -0.15) is 0 Å². The van der Waals surface area contributed by atoms with E-state index in [-0.39, 0.29) is 0 Å². The number of hydrogen-bond acceptors (Lipinski definition) is 4. The largest absolute Gasteiger partial charge is 0.772 e. The van der Waals surface area contributed by atoms with Gasteiger partial charge in [-0.3, -0.25) is 9.00 Å². The summed E-state index contributed by atoms with van der Waals surface area (Å²) in [6, 6.07) is -1.00. The van der Waals surface area contributed by atoms with Gasteiger partial charge < -0.3 is 15.0 Å². The quantitative estimate of drug-likeness (QED) is 0.498. The van der Waals surface area contributed by atoms with Crippen LogP contribution in [0.3, 0.4) is 0 Å². The van der Waals surface area contributed by atoms with Gasteiger partial charge in [0, 0.05) is 5.75 Å². The Bertz CT molecular complexity index is 148. The predicted octanol–water partition coefficient (Wildman–Crippen LogP) is -1.46. The number of aliphatic carboxylic acids is 1. The van der Waals surface area contributed by atoms with Crippen LogP contribution in [0.4, 0.5) is 0 Å². The van der Waals surface area contributed by atoms with E-state index >= 15 is 0 Å². The topological polar surface area (TPSA) is 89.5 Å². The second kappa shape index (κ2) is 4.37. The third kappa shape index (κ3) is 3.54. The zero-order valence-electron chi connectivity index (χ0n) is 5.36. The molecule has 2 N–H and O–H groups in total. The minimum absolute atomic E-state index is 0.397. The normalized spacial score (nSPS) is 16.2. The van der Waals surface area contributed by atoms with Crippen molar-refractivity contribution >= 4 is 17.0 Å². The van der Waals surface area contributed by atoms with E-state index in [2.05, 4.69) is 5.32 Å². The molecule has 0 fully saturated rings. The highest BCUT2D eigenvalue weighted by Gasteiger charge is 2.13. The first kappa shape index (κ1) is 9.54. The molecule has 0 heterocycles. The summed E-state index contributed by atoms with van der Waals surface area (Å²) in [6.07, 6.45) is 0. The molecule has 5 nitrogen and oxygen atoms in total. The number of carboxylic acid groups (broad SMARTS) is 1. The summed E-state index contributed by atoms with van der Waals surface area (Å²) in [7, 11) is 1.39. The van der Waals surface area contributed by atoms with Crippen molar-refractivity contribution in [3.8, 4) is 0 Å².